The van der Waals surface area contributed by atoms with Crippen LogP contribution in [-0.2, 0) is 14.3 Å². The molecule has 0 aliphatic carbocycles. The van der Waals surface area contributed by atoms with Gasteiger partial charge in [-0.05, 0) is 74.9 Å². The summed E-state index contributed by atoms with van der Waals surface area (Å²) in [4.78, 5) is 39.9. The van der Waals surface area contributed by atoms with Crippen molar-refractivity contribution in [1.29, 1.82) is 0 Å². The molecule has 2 amide bonds. The molecule has 1 saturated heterocycles. The molecular weight excluding hydrogens is 456 g/mol. The highest BCUT2D eigenvalue weighted by molar-refractivity contribution is 7.98. The smallest absolute Gasteiger partial charge is 0.338 e. The van der Waals surface area contributed by atoms with Gasteiger partial charge in [-0.2, -0.15) is 0 Å². The molecule has 0 saturated carbocycles. The van der Waals surface area contributed by atoms with E-state index >= 15 is 0 Å². The number of amides is 2. The monoisotopic (exact) mass is 486 g/mol. The van der Waals surface area contributed by atoms with Crippen molar-refractivity contribution in [3.8, 4) is 11.5 Å². The minimum atomic E-state index is -0.662. The Bertz CT molecular complexity index is 989. The second kappa shape index (κ2) is 12.9. The SMILES string of the molecule is CCOc1cc(C(=O)OCC(=O)Nc2ccc(SC)cc2)ccc1OCC(=O)N1CCCCC1. The Labute approximate surface area is 203 Å². The average molecular weight is 487 g/mol. The van der Waals surface area contributed by atoms with Crippen LogP contribution < -0.4 is 14.8 Å². The van der Waals surface area contributed by atoms with Crippen molar-refractivity contribution in [3.05, 3.63) is 48.0 Å². The Balaban J connectivity index is 1.54. The van der Waals surface area contributed by atoms with Gasteiger partial charge in [0.25, 0.3) is 11.8 Å². The van der Waals surface area contributed by atoms with Crippen LogP contribution in [0.5, 0.6) is 11.5 Å². The van der Waals surface area contributed by atoms with Gasteiger partial charge in [-0.25, -0.2) is 4.79 Å². The third-order valence-corrected chi connectivity index (χ3v) is 5.99. The third kappa shape index (κ3) is 7.41. The molecular formula is C25H30N2O6S. The van der Waals surface area contributed by atoms with Crippen molar-refractivity contribution in [3.63, 3.8) is 0 Å². The number of hydrogen-bond acceptors (Lipinski definition) is 7. The lowest BCUT2D eigenvalue weighted by Crippen LogP contribution is -2.38. The Morgan fingerprint density at radius 3 is 2.35 bits per heavy atom. The Morgan fingerprint density at radius 1 is 0.941 bits per heavy atom. The van der Waals surface area contributed by atoms with Crippen LogP contribution in [0.4, 0.5) is 5.69 Å². The molecule has 0 bridgehead atoms. The van der Waals surface area contributed by atoms with Crippen LogP contribution in [-0.4, -0.2) is 61.8 Å². The number of rotatable bonds is 10. The number of likely N-dealkylation sites (tertiary alicyclic amines) is 1. The number of piperidine rings is 1. The van der Waals surface area contributed by atoms with E-state index in [-0.39, 0.29) is 18.1 Å². The van der Waals surface area contributed by atoms with Gasteiger partial charge in [-0.1, -0.05) is 0 Å². The lowest BCUT2D eigenvalue weighted by Gasteiger charge is -2.26. The summed E-state index contributed by atoms with van der Waals surface area (Å²) in [5, 5.41) is 2.69. The van der Waals surface area contributed by atoms with Gasteiger partial charge in [0.1, 0.15) is 0 Å². The Hall–Kier alpha value is -3.20. The highest BCUT2D eigenvalue weighted by Gasteiger charge is 2.19. The van der Waals surface area contributed by atoms with Gasteiger partial charge in [0.15, 0.2) is 24.7 Å². The molecule has 182 valence electrons. The quantitative estimate of drug-likeness (QED) is 0.401. The molecule has 8 nitrogen and oxygen atoms in total. The van der Waals surface area contributed by atoms with E-state index in [0.29, 0.717) is 23.8 Å². The molecule has 2 aromatic rings. The molecule has 9 heteroatoms. The van der Waals surface area contributed by atoms with Gasteiger partial charge >= 0.3 is 5.97 Å². The largest absolute Gasteiger partial charge is 0.490 e. The fourth-order valence-corrected chi connectivity index (χ4v) is 3.89. The number of anilines is 1. The number of nitrogens with zero attached hydrogens (tertiary/aromatic N) is 1. The third-order valence-electron chi connectivity index (χ3n) is 5.25. The first-order chi connectivity index (χ1) is 16.5. The molecule has 0 atom stereocenters. The maximum atomic E-state index is 12.5. The summed E-state index contributed by atoms with van der Waals surface area (Å²) in [6.07, 6.45) is 5.13. The molecule has 2 aromatic carbocycles. The molecule has 0 aromatic heterocycles. The second-order valence-electron chi connectivity index (χ2n) is 7.68. The molecule has 0 radical (unpaired) electrons. The normalized spacial score (nSPS) is 13.2. The fourth-order valence-electron chi connectivity index (χ4n) is 3.48. The van der Waals surface area contributed by atoms with Gasteiger partial charge in [0, 0.05) is 23.7 Å². The van der Waals surface area contributed by atoms with E-state index in [9.17, 15) is 14.4 Å². The highest BCUT2D eigenvalue weighted by Crippen LogP contribution is 2.29. The lowest BCUT2D eigenvalue weighted by atomic mass is 10.1. The number of nitrogens with one attached hydrogen (secondary N) is 1. The minimum absolute atomic E-state index is 0.0697. The summed E-state index contributed by atoms with van der Waals surface area (Å²) >= 11 is 1.60. The summed E-state index contributed by atoms with van der Waals surface area (Å²) in [6, 6.07) is 11.9. The molecule has 1 aliphatic rings. The van der Waals surface area contributed by atoms with Crippen molar-refractivity contribution in [2.45, 2.75) is 31.1 Å². The van der Waals surface area contributed by atoms with Crippen LogP contribution in [0.3, 0.4) is 0 Å². The minimum Gasteiger partial charge on any atom is -0.490 e. The van der Waals surface area contributed by atoms with E-state index in [1.165, 1.54) is 12.1 Å². The molecule has 0 spiro atoms. The van der Waals surface area contributed by atoms with Crippen LogP contribution in [0.1, 0.15) is 36.5 Å². The zero-order valence-electron chi connectivity index (χ0n) is 19.5. The molecule has 1 fully saturated rings. The van der Waals surface area contributed by atoms with Crippen LogP contribution in [0.15, 0.2) is 47.4 Å². The predicted molar refractivity (Wildman–Crippen MR) is 131 cm³/mol. The first kappa shape index (κ1) is 25.4. The first-order valence-electron chi connectivity index (χ1n) is 11.3. The number of thioether (sulfide) groups is 1. The van der Waals surface area contributed by atoms with E-state index in [1.54, 1.807) is 34.9 Å². The first-order valence-corrected chi connectivity index (χ1v) is 12.5. The van der Waals surface area contributed by atoms with Crippen LogP contribution in [0.2, 0.25) is 0 Å². The maximum Gasteiger partial charge on any atom is 0.338 e. The summed E-state index contributed by atoms with van der Waals surface area (Å²) in [5.74, 6) is -0.465. The standard InChI is InChI=1S/C25H30N2O6S/c1-3-31-22-15-18(7-12-21(22)32-17-24(29)27-13-5-4-6-14-27)25(30)33-16-23(28)26-19-8-10-20(34-2)11-9-19/h7-12,15H,3-6,13-14,16-17H2,1-2H3,(H,26,28). The topological polar surface area (TPSA) is 94.2 Å². The molecule has 1 N–H and O–H groups in total. The second-order valence-corrected chi connectivity index (χ2v) is 8.56. The summed E-state index contributed by atoms with van der Waals surface area (Å²) in [5.41, 5.74) is 0.841. The van der Waals surface area contributed by atoms with Crippen molar-refractivity contribution < 1.29 is 28.6 Å². The summed E-state index contributed by atoms with van der Waals surface area (Å²) < 4.78 is 16.4. The Kier molecular flexibility index (Phi) is 9.63. The lowest BCUT2D eigenvalue weighted by molar-refractivity contribution is -0.134. The summed E-state index contributed by atoms with van der Waals surface area (Å²) in [7, 11) is 0. The molecule has 0 unspecified atom stereocenters. The predicted octanol–water partition coefficient (Wildman–Crippen LogP) is 3.99. The van der Waals surface area contributed by atoms with Crippen molar-refractivity contribution in [2.24, 2.45) is 0 Å². The molecule has 1 heterocycles. The Morgan fingerprint density at radius 2 is 1.68 bits per heavy atom. The zero-order valence-corrected chi connectivity index (χ0v) is 20.3. The van der Waals surface area contributed by atoms with Crippen LogP contribution in [0.25, 0.3) is 0 Å². The van der Waals surface area contributed by atoms with Crippen LogP contribution >= 0.6 is 11.8 Å². The number of carbonyl (C=O) groups is 3. The highest BCUT2D eigenvalue weighted by atomic mass is 32.2. The fraction of sp³-hybridized carbons (Fsp3) is 0.400. The van der Waals surface area contributed by atoms with Gasteiger partial charge in [0.05, 0.1) is 12.2 Å². The summed E-state index contributed by atoms with van der Waals surface area (Å²) in [6.45, 7) is 3.15. The number of ether oxygens (including phenoxy) is 3. The van der Waals surface area contributed by atoms with Crippen molar-refractivity contribution in [1.82, 2.24) is 4.90 Å². The van der Waals surface area contributed by atoms with Crippen molar-refractivity contribution >= 4 is 35.2 Å². The maximum absolute atomic E-state index is 12.5. The van der Waals surface area contributed by atoms with E-state index in [2.05, 4.69) is 5.32 Å². The van der Waals surface area contributed by atoms with Gasteiger partial charge in [0.2, 0.25) is 0 Å². The van der Waals surface area contributed by atoms with Gasteiger partial charge in [-0.15, -0.1) is 11.8 Å². The van der Waals surface area contributed by atoms with E-state index in [0.717, 1.165) is 37.2 Å². The zero-order chi connectivity index (χ0) is 24.3. The van der Waals surface area contributed by atoms with Gasteiger partial charge in [-0.3, -0.25) is 9.59 Å². The molecule has 1 aliphatic heterocycles. The van der Waals surface area contributed by atoms with Gasteiger partial charge < -0.3 is 24.4 Å². The number of benzene rings is 2. The van der Waals surface area contributed by atoms with E-state index in [1.807, 2.05) is 25.3 Å². The average Bonchev–Trinajstić information content (AvgIpc) is 2.87. The molecule has 34 heavy (non-hydrogen) atoms. The van der Waals surface area contributed by atoms with Crippen LogP contribution in [0, 0.1) is 0 Å². The number of carbonyl (C=O) groups excluding carboxylic acids is 3. The number of hydrogen-bond donors (Lipinski definition) is 1. The van der Waals surface area contributed by atoms with E-state index in [4.69, 9.17) is 14.2 Å². The van der Waals surface area contributed by atoms with E-state index < -0.39 is 18.5 Å². The number of esters is 1. The van der Waals surface area contributed by atoms with Crippen molar-refractivity contribution in [2.75, 3.05) is 44.5 Å². The molecule has 3 rings (SSSR count).